The van der Waals surface area contributed by atoms with Gasteiger partial charge in [0.25, 0.3) is 0 Å². The molecule has 1 aromatic rings. The van der Waals surface area contributed by atoms with Crippen molar-refractivity contribution >= 4 is 17.4 Å². The van der Waals surface area contributed by atoms with Gasteiger partial charge in [-0.15, -0.1) is 0 Å². The lowest BCUT2D eigenvalue weighted by atomic mass is 10.2. The summed E-state index contributed by atoms with van der Waals surface area (Å²) in [7, 11) is 0. The highest BCUT2D eigenvalue weighted by molar-refractivity contribution is 6.29. The minimum absolute atomic E-state index is 0.0613. The number of rotatable bonds is 2. The fraction of sp³-hybridized carbons (Fsp3) is 0.444. The zero-order valence-electron chi connectivity index (χ0n) is 7.61. The minimum Gasteiger partial charge on any atom is -0.367 e. The first-order chi connectivity index (χ1) is 6.97. The summed E-state index contributed by atoms with van der Waals surface area (Å²) in [5.74, 6) is -0.169. The van der Waals surface area contributed by atoms with Crippen LogP contribution in [0.3, 0.4) is 0 Å². The fourth-order valence-corrected chi connectivity index (χ4v) is 1.34. The molecule has 1 N–H and O–H groups in total. The van der Waals surface area contributed by atoms with Crippen LogP contribution in [0.4, 0.5) is 19.0 Å². The Hall–Kier alpha value is -0.970. The molecule has 2 rings (SSSR count). The van der Waals surface area contributed by atoms with E-state index in [9.17, 15) is 13.2 Å². The fourth-order valence-electron chi connectivity index (χ4n) is 1.20. The highest BCUT2D eigenvalue weighted by Crippen LogP contribution is 2.36. The Balaban J connectivity index is 2.34. The van der Waals surface area contributed by atoms with Crippen molar-refractivity contribution in [2.75, 3.05) is 5.32 Å². The average Bonchev–Trinajstić information content (AvgIpc) is 2.85. The molecule has 1 heterocycles. The lowest BCUT2D eigenvalue weighted by Crippen LogP contribution is -2.13. The second kappa shape index (κ2) is 3.56. The number of hydrogen-bond acceptors (Lipinski definition) is 2. The van der Waals surface area contributed by atoms with E-state index in [4.69, 9.17) is 11.6 Å². The van der Waals surface area contributed by atoms with Crippen molar-refractivity contribution in [3.63, 3.8) is 0 Å². The summed E-state index contributed by atoms with van der Waals surface area (Å²) >= 11 is 5.55. The molecule has 0 saturated heterocycles. The number of alkyl halides is 3. The van der Waals surface area contributed by atoms with Crippen LogP contribution in [0.1, 0.15) is 18.4 Å². The van der Waals surface area contributed by atoms with Crippen LogP contribution in [-0.2, 0) is 6.18 Å². The predicted molar refractivity (Wildman–Crippen MR) is 50.9 cm³/mol. The monoisotopic (exact) mass is 236 g/mol. The number of hydrogen-bond donors (Lipinski definition) is 1. The topological polar surface area (TPSA) is 24.9 Å². The minimum atomic E-state index is -4.39. The van der Waals surface area contributed by atoms with Crippen LogP contribution in [0, 0.1) is 0 Å². The van der Waals surface area contributed by atoms with E-state index in [0.717, 1.165) is 25.0 Å². The first-order valence-corrected chi connectivity index (χ1v) is 4.85. The summed E-state index contributed by atoms with van der Waals surface area (Å²) < 4.78 is 37.6. The second-order valence-corrected chi connectivity index (χ2v) is 3.83. The molecule has 0 amide bonds. The third-order valence-corrected chi connectivity index (χ3v) is 2.30. The molecule has 0 bridgehead atoms. The number of nitrogens with one attached hydrogen (secondary N) is 1. The van der Waals surface area contributed by atoms with E-state index < -0.39 is 11.7 Å². The Morgan fingerprint density at radius 3 is 2.53 bits per heavy atom. The molecule has 15 heavy (non-hydrogen) atoms. The molecule has 1 fully saturated rings. The van der Waals surface area contributed by atoms with Crippen LogP contribution >= 0.6 is 11.6 Å². The van der Waals surface area contributed by atoms with Gasteiger partial charge in [-0.1, -0.05) is 11.6 Å². The molecule has 0 atom stereocenters. The Morgan fingerprint density at radius 2 is 2.00 bits per heavy atom. The van der Waals surface area contributed by atoms with Crippen molar-refractivity contribution in [1.82, 2.24) is 4.98 Å². The lowest BCUT2D eigenvalue weighted by Gasteiger charge is -2.12. The number of anilines is 1. The average molecular weight is 237 g/mol. The molecule has 0 unspecified atom stereocenters. The van der Waals surface area contributed by atoms with Crippen LogP contribution in [0.25, 0.3) is 0 Å². The van der Waals surface area contributed by atoms with E-state index in [0.29, 0.717) is 0 Å². The van der Waals surface area contributed by atoms with Crippen LogP contribution in [0.5, 0.6) is 0 Å². The van der Waals surface area contributed by atoms with Gasteiger partial charge in [-0.25, -0.2) is 4.98 Å². The Kier molecular flexibility index (Phi) is 2.50. The van der Waals surface area contributed by atoms with Gasteiger partial charge in [0.1, 0.15) is 11.0 Å². The van der Waals surface area contributed by atoms with Crippen molar-refractivity contribution in [2.45, 2.75) is 25.1 Å². The molecule has 82 valence electrons. The summed E-state index contributed by atoms with van der Waals surface area (Å²) in [6.07, 6.45) is -2.63. The third kappa shape index (κ3) is 2.53. The smallest absolute Gasteiger partial charge is 0.367 e. The van der Waals surface area contributed by atoms with Crippen molar-refractivity contribution in [3.05, 3.63) is 22.8 Å². The van der Waals surface area contributed by atoms with Crippen LogP contribution in [0.15, 0.2) is 12.1 Å². The second-order valence-electron chi connectivity index (χ2n) is 3.45. The quantitative estimate of drug-likeness (QED) is 0.797. The van der Waals surface area contributed by atoms with Crippen molar-refractivity contribution in [3.8, 4) is 0 Å². The van der Waals surface area contributed by atoms with Gasteiger partial charge in [0.05, 0.1) is 5.56 Å². The van der Waals surface area contributed by atoms with E-state index in [-0.39, 0.29) is 17.0 Å². The molecule has 0 aliphatic heterocycles. The standard InChI is InChI=1S/C9H8ClF3N2/c10-7-4-3-6(9(11,12)13)8(15-7)14-5-1-2-5/h3-5H,1-2H2,(H,14,15). The zero-order valence-corrected chi connectivity index (χ0v) is 8.36. The Bertz CT molecular complexity index is 374. The zero-order chi connectivity index (χ0) is 11.1. The van der Waals surface area contributed by atoms with E-state index in [1.807, 2.05) is 0 Å². The highest BCUT2D eigenvalue weighted by atomic mass is 35.5. The number of aromatic nitrogens is 1. The first kappa shape index (κ1) is 10.5. The molecule has 2 nitrogen and oxygen atoms in total. The van der Waals surface area contributed by atoms with Gasteiger partial charge in [0.2, 0.25) is 0 Å². The van der Waals surface area contributed by atoms with Gasteiger partial charge in [-0.2, -0.15) is 13.2 Å². The van der Waals surface area contributed by atoms with Crippen molar-refractivity contribution in [1.29, 1.82) is 0 Å². The SMILES string of the molecule is FC(F)(F)c1ccc(Cl)nc1NC1CC1. The molecular formula is C9H8ClF3N2. The molecular weight excluding hydrogens is 229 g/mol. The van der Waals surface area contributed by atoms with Crippen LogP contribution < -0.4 is 5.32 Å². The Labute approximate surface area is 89.5 Å². The predicted octanol–water partition coefficient (Wildman–Crippen LogP) is 3.33. The molecule has 1 aliphatic rings. The van der Waals surface area contributed by atoms with Crippen LogP contribution in [-0.4, -0.2) is 11.0 Å². The highest BCUT2D eigenvalue weighted by Gasteiger charge is 2.36. The molecule has 1 aromatic heterocycles. The molecule has 1 aliphatic carbocycles. The lowest BCUT2D eigenvalue weighted by molar-refractivity contribution is -0.137. The summed E-state index contributed by atoms with van der Waals surface area (Å²) in [6.45, 7) is 0. The molecule has 0 spiro atoms. The molecule has 0 aromatic carbocycles. The van der Waals surface area contributed by atoms with Gasteiger partial charge in [0.15, 0.2) is 0 Å². The molecule has 0 radical (unpaired) electrons. The van der Waals surface area contributed by atoms with Crippen molar-refractivity contribution in [2.24, 2.45) is 0 Å². The molecule has 1 saturated carbocycles. The largest absolute Gasteiger partial charge is 0.419 e. The normalized spacial score (nSPS) is 16.5. The van der Waals surface area contributed by atoms with E-state index >= 15 is 0 Å². The van der Waals surface area contributed by atoms with E-state index in [1.54, 1.807) is 0 Å². The maximum absolute atomic E-state index is 12.5. The summed E-state index contributed by atoms with van der Waals surface area (Å²) in [5, 5.41) is 2.78. The van der Waals surface area contributed by atoms with Gasteiger partial charge < -0.3 is 5.32 Å². The van der Waals surface area contributed by atoms with Gasteiger partial charge in [-0.3, -0.25) is 0 Å². The first-order valence-electron chi connectivity index (χ1n) is 4.47. The summed E-state index contributed by atoms with van der Waals surface area (Å²) in [4.78, 5) is 3.65. The van der Waals surface area contributed by atoms with E-state index in [1.165, 1.54) is 0 Å². The maximum Gasteiger partial charge on any atom is 0.419 e. The van der Waals surface area contributed by atoms with Crippen LogP contribution in [0.2, 0.25) is 5.15 Å². The molecule has 6 heteroatoms. The number of pyridine rings is 1. The Morgan fingerprint density at radius 1 is 1.33 bits per heavy atom. The summed E-state index contributed by atoms with van der Waals surface area (Å²) in [6, 6.07) is 2.19. The van der Waals surface area contributed by atoms with Gasteiger partial charge >= 0.3 is 6.18 Å². The van der Waals surface area contributed by atoms with Gasteiger partial charge in [0, 0.05) is 6.04 Å². The number of halogens is 4. The third-order valence-electron chi connectivity index (χ3n) is 2.08. The summed E-state index contributed by atoms with van der Waals surface area (Å²) in [5.41, 5.74) is -0.765. The van der Waals surface area contributed by atoms with Gasteiger partial charge in [-0.05, 0) is 25.0 Å². The van der Waals surface area contributed by atoms with Crippen molar-refractivity contribution < 1.29 is 13.2 Å². The maximum atomic E-state index is 12.5. The van der Waals surface area contributed by atoms with E-state index in [2.05, 4.69) is 10.3 Å². The number of nitrogens with zero attached hydrogens (tertiary/aromatic N) is 1.